The van der Waals surface area contributed by atoms with Gasteiger partial charge in [-0.15, -0.1) is 0 Å². The number of carbonyl (C=O) groups is 1. The molecule has 5 heteroatoms. The minimum atomic E-state index is -0.401. The maximum atomic E-state index is 12.1. The molecule has 0 fully saturated rings. The quantitative estimate of drug-likeness (QED) is 0.731. The third kappa shape index (κ3) is 3.33. The second-order valence-electron chi connectivity index (χ2n) is 6.58. The lowest BCUT2D eigenvalue weighted by Gasteiger charge is -2.09. The highest BCUT2D eigenvalue weighted by Gasteiger charge is 2.12. The second-order valence-corrected chi connectivity index (χ2v) is 6.58. The Bertz CT molecular complexity index is 1050. The molecule has 1 aliphatic rings. The molecule has 0 saturated carbocycles. The number of anilines is 1. The first-order chi connectivity index (χ1) is 12.6. The molecule has 0 radical (unpaired) electrons. The molecule has 1 aliphatic carbocycles. The lowest BCUT2D eigenvalue weighted by atomic mass is 10.1. The number of carbonyl (C=O) groups excluding carboxylic acids is 1. The van der Waals surface area contributed by atoms with Gasteiger partial charge in [0.1, 0.15) is 11.3 Å². The van der Waals surface area contributed by atoms with Gasteiger partial charge in [-0.05, 0) is 67.1 Å². The predicted octanol–water partition coefficient (Wildman–Crippen LogP) is 3.61. The number of hydrogen-bond donors (Lipinski definition) is 1. The first-order valence-electron chi connectivity index (χ1n) is 8.67. The number of rotatable bonds is 4. The zero-order chi connectivity index (χ0) is 18.1. The summed E-state index contributed by atoms with van der Waals surface area (Å²) in [7, 11) is 0. The largest absolute Gasteiger partial charge is 0.484 e. The van der Waals surface area contributed by atoms with Gasteiger partial charge in [0, 0.05) is 23.2 Å². The molecule has 1 heterocycles. The number of amides is 1. The van der Waals surface area contributed by atoms with Crippen molar-refractivity contribution in [2.45, 2.75) is 26.2 Å². The van der Waals surface area contributed by atoms with Gasteiger partial charge >= 0.3 is 5.63 Å². The molecule has 0 saturated heterocycles. The zero-order valence-corrected chi connectivity index (χ0v) is 14.5. The lowest BCUT2D eigenvalue weighted by molar-refractivity contribution is -0.118. The summed E-state index contributed by atoms with van der Waals surface area (Å²) in [4.78, 5) is 23.6. The summed E-state index contributed by atoms with van der Waals surface area (Å²) in [5, 5.41) is 3.71. The van der Waals surface area contributed by atoms with Crippen LogP contribution in [0.5, 0.6) is 5.75 Å². The van der Waals surface area contributed by atoms with E-state index in [4.69, 9.17) is 9.15 Å². The van der Waals surface area contributed by atoms with E-state index in [1.807, 2.05) is 25.1 Å². The van der Waals surface area contributed by atoms with E-state index in [9.17, 15) is 9.59 Å². The van der Waals surface area contributed by atoms with Gasteiger partial charge in [-0.25, -0.2) is 4.79 Å². The molecule has 0 aliphatic heterocycles. The molecule has 0 unspecified atom stereocenters. The summed E-state index contributed by atoms with van der Waals surface area (Å²) in [6.45, 7) is 1.74. The fourth-order valence-electron chi connectivity index (χ4n) is 3.39. The third-order valence-corrected chi connectivity index (χ3v) is 4.68. The fourth-order valence-corrected chi connectivity index (χ4v) is 3.39. The van der Waals surface area contributed by atoms with Crippen molar-refractivity contribution in [3.05, 3.63) is 69.6 Å². The standard InChI is InChI=1S/C21H19NO4/c1-13-9-21(24)26-19-11-17(7-8-18(13)19)25-12-20(23)22-16-6-5-14-3-2-4-15(14)10-16/h5-11H,2-4,12H2,1H3,(H,22,23). The minimum absolute atomic E-state index is 0.112. The molecule has 26 heavy (non-hydrogen) atoms. The molecular formula is C21H19NO4. The molecule has 2 aromatic carbocycles. The van der Waals surface area contributed by atoms with Crippen molar-refractivity contribution in [1.29, 1.82) is 0 Å². The maximum Gasteiger partial charge on any atom is 0.336 e. The molecule has 1 amide bonds. The second kappa shape index (κ2) is 6.67. The summed E-state index contributed by atoms with van der Waals surface area (Å²) in [5.74, 6) is 0.254. The molecule has 3 aromatic rings. The van der Waals surface area contributed by atoms with Crippen LogP contribution >= 0.6 is 0 Å². The van der Waals surface area contributed by atoms with Gasteiger partial charge in [-0.3, -0.25) is 4.79 Å². The van der Waals surface area contributed by atoms with Gasteiger partial charge in [-0.1, -0.05) is 6.07 Å². The lowest BCUT2D eigenvalue weighted by Crippen LogP contribution is -2.20. The van der Waals surface area contributed by atoms with Crippen molar-refractivity contribution in [2.24, 2.45) is 0 Å². The van der Waals surface area contributed by atoms with Crippen molar-refractivity contribution in [3.63, 3.8) is 0 Å². The average molecular weight is 349 g/mol. The highest BCUT2D eigenvalue weighted by atomic mass is 16.5. The predicted molar refractivity (Wildman–Crippen MR) is 99.8 cm³/mol. The van der Waals surface area contributed by atoms with Gasteiger partial charge in [-0.2, -0.15) is 0 Å². The summed E-state index contributed by atoms with van der Waals surface area (Å²) in [6, 6.07) is 12.7. The number of nitrogens with one attached hydrogen (secondary N) is 1. The van der Waals surface area contributed by atoms with Gasteiger partial charge < -0.3 is 14.5 Å². The van der Waals surface area contributed by atoms with E-state index in [-0.39, 0.29) is 12.5 Å². The Labute approximate surface area is 150 Å². The van der Waals surface area contributed by atoms with E-state index in [0.717, 1.165) is 29.5 Å². The molecule has 5 nitrogen and oxygen atoms in total. The van der Waals surface area contributed by atoms with Gasteiger partial charge in [0.25, 0.3) is 5.91 Å². The maximum absolute atomic E-state index is 12.1. The summed E-state index contributed by atoms with van der Waals surface area (Å²) >= 11 is 0. The molecule has 0 bridgehead atoms. The van der Waals surface area contributed by atoms with Crippen LogP contribution < -0.4 is 15.7 Å². The molecule has 4 rings (SSSR count). The van der Waals surface area contributed by atoms with Crippen molar-refractivity contribution in [3.8, 4) is 5.75 Å². The van der Waals surface area contributed by atoms with Crippen LogP contribution in [0.25, 0.3) is 11.0 Å². The Morgan fingerprint density at radius 3 is 2.85 bits per heavy atom. The van der Waals surface area contributed by atoms with Crippen molar-refractivity contribution >= 4 is 22.6 Å². The Morgan fingerprint density at radius 2 is 1.96 bits per heavy atom. The molecule has 1 N–H and O–H groups in total. The smallest absolute Gasteiger partial charge is 0.336 e. The summed E-state index contributed by atoms with van der Waals surface area (Å²) < 4.78 is 10.7. The van der Waals surface area contributed by atoms with E-state index < -0.39 is 5.63 Å². The SMILES string of the molecule is Cc1cc(=O)oc2cc(OCC(=O)Nc3ccc4c(c3)CCC4)ccc12. The third-order valence-electron chi connectivity index (χ3n) is 4.68. The Balaban J connectivity index is 1.42. The van der Waals surface area contributed by atoms with E-state index >= 15 is 0 Å². The normalized spacial score (nSPS) is 12.8. The van der Waals surface area contributed by atoms with Crippen LogP contribution in [-0.2, 0) is 17.6 Å². The van der Waals surface area contributed by atoms with Crippen molar-refractivity contribution < 1.29 is 13.9 Å². The van der Waals surface area contributed by atoms with Crippen LogP contribution in [0, 0.1) is 6.92 Å². The number of hydrogen-bond acceptors (Lipinski definition) is 4. The molecule has 1 aromatic heterocycles. The number of aryl methyl sites for hydroxylation is 3. The fraction of sp³-hybridized carbons (Fsp3) is 0.238. The average Bonchev–Trinajstić information content (AvgIpc) is 3.07. The van der Waals surface area contributed by atoms with Crippen LogP contribution in [0.2, 0.25) is 0 Å². The van der Waals surface area contributed by atoms with Crippen LogP contribution in [0.15, 0.2) is 51.7 Å². The molecule has 0 spiro atoms. The van der Waals surface area contributed by atoms with E-state index in [2.05, 4.69) is 11.4 Å². The highest BCUT2D eigenvalue weighted by molar-refractivity contribution is 5.92. The molecular weight excluding hydrogens is 330 g/mol. The first-order valence-corrected chi connectivity index (χ1v) is 8.67. The Kier molecular flexibility index (Phi) is 4.21. The summed E-state index contributed by atoms with van der Waals surface area (Å²) in [5.41, 5.74) is 4.36. The molecule has 132 valence electrons. The zero-order valence-electron chi connectivity index (χ0n) is 14.5. The Hall–Kier alpha value is -3.08. The van der Waals surface area contributed by atoms with Crippen LogP contribution in [0.4, 0.5) is 5.69 Å². The van der Waals surface area contributed by atoms with Gasteiger partial charge in [0.05, 0.1) is 0 Å². The van der Waals surface area contributed by atoms with Crippen molar-refractivity contribution in [2.75, 3.05) is 11.9 Å². The topological polar surface area (TPSA) is 68.5 Å². The van der Waals surface area contributed by atoms with Crippen LogP contribution in [-0.4, -0.2) is 12.5 Å². The highest BCUT2D eigenvalue weighted by Crippen LogP contribution is 2.25. The van der Waals surface area contributed by atoms with E-state index in [0.29, 0.717) is 11.3 Å². The minimum Gasteiger partial charge on any atom is -0.484 e. The molecule has 0 atom stereocenters. The Morgan fingerprint density at radius 1 is 1.12 bits per heavy atom. The van der Waals surface area contributed by atoms with Crippen molar-refractivity contribution in [1.82, 2.24) is 0 Å². The number of ether oxygens (including phenoxy) is 1. The van der Waals surface area contributed by atoms with E-state index in [1.54, 1.807) is 12.1 Å². The van der Waals surface area contributed by atoms with Crippen LogP contribution in [0.3, 0.4) is 0 Å². The monoisotopic (exact) mass is 349 g/mol. The van der Waals surface area contributed by atoms with Gasteiger partial charge in [0.2, 0.25) is 0 Å². The summed E-state index contributed by atoms with van der Waals surface area (Å²) in [6.07, 6.45) is 3.36. The number of benzene rings is 2. The van der Waals surface area contributed by atoms with Crippen LogP contribution in [0.1, 0.15) is 23.1 Å². The van der Waals surface area contributed by atoms with Gasteiger partial charge in [0.15, 0.2) is 6.61 Å². The van der Waals surface area contributed by atoms with E-state index in [1.165, 1.54) is 23.6 Å². The number of fused-ring (bicyclic) bond motifs is 2. The first kappa shape index (κ1) is 16.4.